The van der Waals surface area contributed by atoms with Crippen molar-refractivity contribution in [1.29, 1.82) is 0 Å². The molecule has 3 aromatic rings. The fourth-order valence-electron chi connectivity index (χ4n) is 1.86. The number of carbonyl (C=O) groups is 1. The summed E-state index contributed by atoms with van der Waals surface area (Å²) in [6.45, 7) is 0. The largest absolute Gasteiger partial charge is 0.506 e. The number of aromatic hydroxyl groups is 1. The van der Waals surface area contributed by atoms with Crippen molar-refractivity contribution in [3.05, 3.63) is 49.3 Å². The summed E-state index contributed by atoms with van der Waals surface area (Å²) in [6.07, 6.45) is 0. The van der Waals surface area contributed by atoms with E-state index in [1.807, 2.05) is 18.2 Å². The molecule has 0 bridgehead atoms. The van der Waals surface area contributed by atoms with Gasteiger partial charge in [-0.05, 0) is 46.3 Å². The maximum absolute atomic E-state index is 12.3. The third-order valence-electron chi connectivity index (χ3n) is 2.84. The summed E-state index contributed by atoms with van der Waals surface area (Å²) in [4.78, 5) is 16.7. The Morgan fingerprint density at radius 1 is 1.14 bits per heavy atom. The fraction of sp³-hybridized carbons (Fsp3) is 0. The number of anilines is 1. The normalized spacial score (nSPS) is 10.9. The molecule has 0 aliphatic heterocycles. The maximum atomic E-state index is 12.3. The van der Waals surface area contributed by atoms with Crippen molar-refractivity contribution in [2.75, 3.05) is 5.32 Å². The Balaban J connectivity index is 1.93. The number of carbonyl (C=O) groups excluding carboxylic acids is 1. The van der Waals surface area contributed by atoms with Gasteiger partial charge in [-0.3, -0.25) is 10.1 Å². The molecule has 0 aliphatic carbocycles. The number of amides is 1. The van der Waals surface area contributed by atoms with E-state index in [0.717, 1.165) is 14.7 Å². The highest BCUT2D eigenvalue weighted by molar-refractivity contribution is 9.11. The van der Waals surface area contributed by atoms with E-state index in [0.29, 0.717) is 14.1 Å². The SMILES string of the molecule is O=C(Nc1nc2ccc(Br)cc2s1)c1cc(Br)cc(Br)c1O. The Morgan fingerprint density at radius 3 is 2.68 bits per heavy atom. The van der Waals surface area contributed by atoms with Crippen molar-refractivity contribution >= 4 is 80.4 Å². The predicted molar refractivity (Wildman–Crippen MR) is 98.8 cm³/mol. The molecule has 0 radical (unpaired) electrons. The van der Waals surface area contributed by atoms with Crippen LogP contribution in [0, 0.1) is 0 Å². The predicted octanol–water partition coefficient (Wildman–Crippen LogP) is 5.54. The average Bonchev–Trinajstić information content (AvgIpc) is 2.83. The van der Waals surface area contributed by atoms with Gasteiger partial charge in [-0.15, -0.1) is 0 Å². The van der Waals surface area contributed by atoms with Gasteiger partial charge in [-0.25, -0.2) is 4.98 Å². The molecule has 0 atom stereocenters. The molecular weight excluding hydrogens is 500 g/mol. The van der Waals surface area contributed by atoms with Crippen LogP contribution in [0.15, 0.2) is 43.7 Å². The third kappa shape index (κ3) is 3.19. The van der Waals surface area contributed by atoms with Crippen LogP contribution < -0.4 is 5.32 Å². The number of phenols is 1. The highest BCUT2D eigenvalue weighted by Crippen LogP contribution is 2.33. The number of halogens is 3. The molecule has 0 spiro atoms. The molecule has 2 N–H and O–H groups in total. The number of aromatic nitrogens is 1. The second-order valence-corrected chi connectivity index (χ2v) is 8.09. The summed E-state index contributed by atoms with van der Waals surface area (Å²) in [7, 11) is 0. The van der Waals surface area contributed by atoms with Gasteiger partial charge in [-0.2, -0.15) is 0 Å². The molecule has 4 nitrogen and oxygen atoms in total. The van der Waals surface area contributed by atoms with E-state index in [1.165, 1.54) is 11.3 Å². The van der Waals surface area contributed by atoms with Gasteiger partial charge in [0.05, 0.1) is 20.3 Å². The fourth-order valence-corrected chi connectivity index (χ4v) is 4.49. The second-order valence-electron chi connectivity index (χ2n) is 4.37. The summed E-state index contributed by atoms with van der Waals surface area (Å²) in [5.74, 6) is -0.526. The number of fused-ring (bicyclic) bond motifs is 1. The van der Waals surface area contributed by atoms with Gasteiger partial charge >= 0.3 is 0 Å². The second kappa shape index (κ2) is 6.27. The van der Waals surface area contributed by atoms with Gasteiger partial charge < -0.3 is 5.11 Å². The van der Waals surface area contributed by atoms with E-state index in [4.69, 9.17) is 0 Å². The van der Waals surface area contributed by atoms with Crippen molar-refractivity contribution in [3.63, 3.8) is 0 Å². The Bertz CT molecular complexity index is 895. The number of nitrogens with one attached hydrogen (secondary N) is 1. The minimum absolute atomic E-state index is 0.107. The highest BCUT2D eigenvalue weighted by atomic mass is 79.9. The van der Waals surface area contributed by atoms with Crippen LogP contribution in [0.3, 0.4) is 0 Å². The first kappa shape index (κ1) is 15.9. The summed E-state index contributed by atoms with van der Waals surface area (Å²) >= 11 is 11.3. The van der Waals surface area contributed by atoms with Crippen LogP contribution in [-0.2, 0) is 0 Å². The zero-order valence-electron chi connectivity index (χ0n) is 10.7. The van der Waals surface area contributed by atoms with E-state index >= 15 is 0 Å². The monoisotopic (exact) mass is 504 g/mol. The van der Waals surface area contributed by atoms with E-state index in [-0.39, 0.29) is 11.3 Å². The van der Waals surface area contributed by atoms with Crippen molar-refractivity contribution in [3.8, 4) is 5.75 Å². The number of hydrogen-bond acceptors (Lipinski definition) is 4. The molecule has 1 aromatic heterocycles. The van der Waals surface area contributed by atoms with Crippen molar-refractivity contribution in [1.82, 2.24) is 4.98 Å². The minimum atomic E-state index is -0.419. The van der Waals surface area contributed by atoms with Crippen LogP contribution >= 0.6 is 59.1 Å². The molecule has 0 aliphatic rings. The van der Waals surface area contributed by atoms with Crippen LogP contribution in [0.25, 0.3) is 10.2 Å². The summed E-state index contributed by atoms with van der Waals surface area (Å²) < 4.78 is 3.05. The zero-order valence-corrected chi connectivity index (χ0v) is 16.3. The molecular formula is C14H7Br3N2O2S. The summed E-state index contributed by atoms with van der Waals surface area (Å²) in [6, 6.07) is 8.93. The van der Waals surface area contributed by atoms with Crippen LogP contribution in [0.1, 0.15) is 10.4 Å². The Morgan fingerprint density at radius 2 is 1.91 bits per heavy atom. The molecule has 0 saturated heterocycles. The number of nitrogens with zero attached hydrogens (tertiary/aromatic N) is 1. The lowest BCUT2D eigenvalue weighted by Crippen LogP contribution is -2.12. The standard InChI is InChI=1S/C14H7Br3N2O2S/c15-6-1-2-10-11(5-6)22-14(18-10)19-13(21)8-3-7(16)4-9(17)12(8)20/h1-5,20H,(H,18,19,21). The molecule has 22 heavy (non-hydrogen) atoms. The van der Waals surface area contributed by atoms with Crippen molar-refractivity contribution in [2.24, 2.45) is 0 Å². The van der Waals surface area contributed by atoms with E-state index in [9.17, 15) is 9.90 Å². The summed E-state index contributed by atoms with van der Waals surface area (Å²) in [5, 5.41) is 13.2. The molecule has 8 heteroatoms. The minimum Gasteiger partial charge on any atom is -0.506 e. The topological polar surface area (TPSA) is 62.2 Å². The number of thiazole rings is 1. The molecule has 0 saturated carbocycles. The average molecular weight is 507 g/mol. The first-order valence-corrected chi connectivity index (χ1v) is 9.19. The number of benzene rings is 2. The van der Waals surface area contributed by atoms with Gasteiger partial charge in [0.1, 0.15) is 5.75 Å². The number of rotatable bonds is 2. The van der Waals surface area contributed by atoms with E-state index < -0.39 is 5.91 Å². The quantitative estimate of drug-likeness (QED) is 0.479. The molecule has 2 aromatic carbocycles. The Labute approximate surface area is 155 Å². The number of phenolic OH excluding ortho intramolecular Hbond substituents is 1. The smallest absolute Gasteiger partial charge is 0.261 e. The summed E-state index contributed by atoms with van der Waals surface area (Å²) in [5.41, 5.74) is 0.977. The molecule has 112 valence electrons. The van der Waals surface area contributed by atoms with Gasteiger partial charge in [-0.1, -0.05) is 43.2 Å². The van der Waals surface area contributed by atoms with Crippen LogP contribution in [0.4, 0.5) is 5.13 Å². The van der Waals surface area contributed by atoms with Crippen LogP contribution in [0.5, 0.6) is 5.75 Å². The van der Waals surface area contributed by atoms with Gasteiger partial charge in [0.15, 0.2) is 5.13 Å². The Hall–Kier alpha value is -0.960. The first-order chi connectivity index (χ1) is 10.4. The lowest BCUT2D eigenvalue weighted by Gasteiger charge is -2.06. The zero-order chi connectivity index (χ0) is 15.9. The van der Waals surface area contributed by atoms with E-state index in [2.05, 4.69) is 58.1 Å². The molecule has 0 fully saturated rings. The van der Waals surface area contributed by atoms with Crippen molar-refractivity contribution in [2.45, 2.75) is 0 Å². The first-order valence-electron chi connectivity index (χ1n) is 5.99. The molecule has 1 amide bonds. The molecule has 0 unspecified atom stereocenters. The van der Waals surface area contributed by atoms with Crippen LogP contribution in [0.2, 0.25) is 0 Å². The van der Waals surface area contributed by atoms with Gasteiger partial charge in [0, 0.05) is 8.95 Å². The number of hydrogen-bond donors (Lipinski definition) is 2. The van der Waals surface area contributed by atoms with Crippen molar-refractivity contribution < 1.29 is 9.90 Å². The van der Waals surface area contributed by atoms with Crippen LogP contribution in [-0.4, -0.2) is 16.0 Å². The third-order valence-corrected chi connectivity index (χ3v) is 5.33. The maximum Gasteiger partial charge on any atom is 0.261 e. The highest BCUT2D eigenvalue weighted by Gasteiger charge is 2.16. The Kier molecular flexibility index (Phi) is 4.54. The lowest BCUT2D eigenvalue weighted by atomic mass is 10.2. The van der Waals surface area contributed by atoms with Gasteiger partial charge in [0.2, 0.25) is 0 Å². The van der Waals surface area contributed by atoms with E-state index in [1.54, 1.807) is 12.1 Å². The molecule has 1 heterocycles. The molecule has 3 rings (SSSR count). The lowest BCUT2D eigenvalue weighted by molar-refractivity contribution is 0.102. The van der Waals surface area contributed by atoms with Gasteiger partial charge in [0.25, 0.3) is 5.91 Å².